The van der Waals surface area contributed by atoms with E-state index < -0.39 is 0 Å². The Labute approximate surface area is 280 Å². The molecule has 0 amide bonds. The molecule has 0 aromatic heterocycles. The first-order chi connectivity index (χ1) is 19.4. The van der Waals surface area contributed by atoms with Crippen molar-refractivity contribution in [2.75, 3.05) is 0 Å². The van der Waals surface area contributed by atoms with Crippen LogP contribution < -0.4 is 0 Å². The van der Waals surface area contributed by atoms with Crippen LogP contribution in [-0.2, 0) is 24.2 Å². The van der Waals surface area contributed by atoms with Crippen molar-refractivity contribution in [3.05, 3.63) is 148 Å². The van der Waals surface area contributed by atoms with Crippen molar-refractivity contribution in [3.8, 4) is 0 Å². The summed E-state index contributed by atoms with van der Waals surface area (Å²) >= 11 is 1.46. The molecule has 0 N–H and O–H groups in total. The van der Waals surface area contributed by atoms with Gasteiger partial charge >= 0.3 is 99.2 Å². The Bertz CT molecular complexity index is 1540. The van der Waals surface area contributed by atoms with Crippen molar-refractivity contribution in [1.82, 2.24) is 0 Å². The Hall–Kier alpha value is -2.44. The van der Waals surface area contributed by atoms with Gasteiger partial charge in [-0.25, -0.2) is 5.57 Å². The fourth-order valence-corrected chi connectivity index (χ4v) is 6.24. The summed E-state index contributed by atoms with van der Waals surface area (Å²) in [4.78, 5) is 0. The summed E-state index contributed by atoms with van der Waals surface area (Å²) in [5.74, 6) is 0. The van der Waals surface area contributed by atoms with Gasteiger partial charge in [-0.3, -0.25) is 6.08 Å². The van der Waals surface area contributed by atoms with Gasteiger partial charge in [0.25, 0.3) is 0 Å². The Morgan fingerprint density at radius 3 is 1.55 bits per heavy atom. The number of aryl methyl sites for hydroxylation is 2. The van der Waals surface area contributed by atoms with E-state index in [0.717, 1.165) is 12.8 Å². The molecule has 6 rings (SSSR count). The van der Waals surface area contributed by atoms with Crippen molar-refractivity contribution in [1.29, 1.82) is 0 Å². The van der Waals surface area contributed by atoms with Gasteiger partial charge < -0.3 is 0 Å². The second kappa shape index (κ2) is 17.6. The molecule has 216 valence electrons. The molecule has 0 radical (unpaired) electrons. The second-order valence-corrected chi connectivity index (χ2v) is 11.6. The molecule has 0 nitrogen and oxygen atoms in total. The maximum absolute atomic E-state index is 3.45. The van der Waals surface area contributed by atoms with Crippen molar-refractivity contribution in [2.45, 2.75) is 60.3 Å². The van der Waals surface area contributed by atoms with Crippen LogP contribution in [0.15, 0.2) is 120 Å². The average Bonchev–Trinajstić information content (AvgIpc) is 3.57. The van der Waals surface area contributed by atoms with E-state index in [1.54, 1.807) is 11.1 Å². The summed E-state index contributed by atoms with van der Waals surface area (Å²) in [5.41, 5.74) is 10.0. The molecule has 0 atom stereocenters. The van der Waals surface area contributed by atoms with E-state index in [1.165, 1.54) is 89.7 Å². The van der Waals surface area contributed by atoms with Gasteiger partial charge in [0.15, 0.2) is 0 Å². The van der Waals surface area contributed by atoms with E-state index in [0.29, 0.717) is 0 Å². The normalized spacial score (nSPS) is 11.9. The topological polar surface area (TPSA) is 0 Å². The first-order valence-corrected chi connectivity index (χ1v) is 15.7. The Kier molecular flexibility index (Phi) is 15.0. The van der Waals surface area contributed by atoms with Crippen molar-refractivity contribution in [2.24, 2.45) is 0 Å². The van der Waals surface area contributed by atoms with E-state index in [9.17, 15) is 0 Å². The van der Waals surface area contributed by atoms with E-state index in [4.69, 9.17) is 0 Å². The van der Waals surface area contributed by atoms with E-state index >= 15 is 0 Å². The van der Waals surface area contributed by atoms with Crippen LogP contribution in [0.2, 0.25) is 0 Å². The molecule has 0 aliphatic heterocycles. The van der Waals surface area contributed by atoms with Gasteiger partial charge in [-0.15, -0.1) is 71.0 Å². The molecular weight excluding hydrogens is 631 g/mol. The minimum absolute atomic E-state index is 0. The molecule has 0 heterocycles. The average molecular weight is 673 g/mol. The van der Waals surface area contributed by atoms with Crippen molar-refractivity contribution >= 4 is 49.6 Å². The van der Waals surface area contributed by atoms with E-state index in [1.807, 2.05) is 0 Å². The third-order valence-electron chi connectivity index (χ3n) is 7.58. The molecule has 0 saturated heterocycles. The van der Waals surface area contributed by atoms with Crippen LogP contribution in [-0.4, -0.2) is 3.21 Å². The molecule has 5 aromatic carbocycles. The molecule has 0 bridgehead atoms. The van der Waals surface area contributed by atoms with E-state index in [2.05, 4.69) is 144 Å². The van der Waals surface area contributed by atoms with Crippen LogP contribution >= 0.6 is 24.8 Å². The zero-order chi connectivity index (χ0) is 28.5. The number of rotatable bonds is 5. The van der Waals surface area contributed by atoms with Gasteiger partial charge in [0.2, 0.25) is 0 Å². The zero-order valence-corrected chi connectivity index (χ0v) is 29.6. The molecule has 0 saturated carbocycles. The number of benzene rings is 4. The second-order valence-electron chi connectivity index (χ2n) is 10.4. The molecule has 1 aliphatic carbocycles. The monoisotopic (exact) mass is 670 g/mol. The van der Waals surface area contributed by atoms with Gasteiger partial charge in [-0.2, -0.15) is 11.1 Å². The molecular formula is C39H42Cl2Zr. The summed E-state index contributed by atoms with van der Waals surface area (Å²) in [6.45, 7) is 11.0. The van der Waals surface area contributed by atoms with Gasteiger partial charge in [-0.05, 0) is 13.8 Å². The third-order valence-corrected chi connectivity index (χ3v) is 9.00. The Balaban J connectivity index is 0.000000218. The SMILES string of the molecule is CCC1=[C-]CC(CC)=C1CC.Cc1ccc2c(c1)[cH-]c1cc(C)ccc12.Cl.Cl.[Zr+2]=[C](c1ccccc1)c1ccccc1. The number of halogens is 2. The Morgan fingerprint density at radius 1 is 0.667 bits per heavy atom. The summed E-state index contributed by atoms with van der Waals surface area (Å²) in [7, 11) is 0. The maximum atomic E-state index is 3.45. The number of fused-ring (bicyclic) bond motifs is 3. The third kappa shape index (κ3) is 9.03. The molecule has 42 heavy (non-hydrogen) atoms. The van der Waals surface area contributed by atoms with Crippen molar-refractivity contribution in [3.63, 3.8) is 0 Å². The molecule has 0 unspecified atom stereocenters. The standard InChI is InChI=1S/C15H13.C13H10.C11H17.2ClH.Zr/c1-10-3-5-14-12(7-10)9-13-8-11(2)4-6-15(13)14;1-3-7-12(8-4-1)11-13-9-5-2-6-10-13;1-4-9-7-8-10(5-2)11(9)6-3;;;/h3-9H,1-2H3;1-10H;4-7H2,1-3H3;2*1H;/q-1;;-1;;;+2. The van der Waals surface area contributed by atoms with Crippen LogP contribution in [0.1, 0.15) is 68.7 Å². The van der Waals surface area contributed by atoms with Crippen LogP contribution in [0.4, 0.5) is 0 Å². The van der Waals surface area contributed by atoms with E-state index in [-0.39, 0.29) is 24.8 Å². The number of allylic oxidation sites excluding steroid dienone is 4. The van der Waals surface area contributed by atoms with Gasteiger partial charge in [0.05, 0.1) is 0 Å². The van der Waals surface area contributed by atoms with Crippen LogP contribution in [0, 0.1) is 19.9 Å². The predicted molar refractivity (Wildman–Crippen MR) is 186 cm³/mol. The molecule has 5 aromatic rings. The summed E-state index contributed by atoms with van der Waals surface area (Å²) in [5, 5.41) is 5.46. The minimum atomic E-state index is 0. The fraction of sp³-hybridized carbons (Fsp3) is 0.231. The molecule has 0 spiro atoms. The van der Waals surface area contributed by atoms with Crippen molar-refractivity contribution < 1.29 is 24.2 Å². The first kappa shape index (κ1) is 35.8. The van der Waals surface area contributed by atoms with Gasteiger partial charge in [-0.1, -0.05) is 75.4 Å². The molecule has 3 heteroatoms. The zero-order valence-electron chi connectivity index (χ0n) is 25.5. The summed E-state index contributed by atoms with van der Waals surface area (Å²) in [6, 6.07) is 36.7. The Morgan fingerprint density at radius 2 is 1.14 bits per heavy atom. The quantitative estimate of drug-likeness (QED) is 0.163. The van der Waals surface area contributed by atoms with Crippen LogP contribution in [0.3, 0.4) is 0 Å². The number of hydrogen-bond acceptors (Lipinski definition) is 0. The van der Waals surface area contributed by atoms with Crippen LogP contribution in [0.25, 0.3) is 21.5 Å². The first-order valence-electron chi connectivity index (χ1n) is 14.5. The number of hydrogen-bond donors (Lipinski definition) is 0. The van der Waals surface area contributed by atoms with Gasteiger partial charge in [0.1, 0.15) is 0 Å². The predicted octanol–water partition coefficient (Wildman–Crippen LogP) is 11.6. The fourth-order valence-electron chi connectivity index (χ4n) is 5.42. The molecule has 0 fully saturated rings. The summed E-state index contributed by atoms with van der Waals surface area (Å²) in [6.07, 6.45) is 8.11. The van der Waals surface area contributed by atoms with Gasteiger partial charge in [0, 0.05) is 0 Å². The summed E-state index contributed by atoms with van der Waals surface area (Å²) < 4.78 is 1.42. The van der Waals surface area contributed by atoms with Crippen LogP contribution in [0.5, 0.6) is 0 Å². The molecule has 1 aliphatic rings.